The zero-order chi connectivity index (χ0) is 16.8. The van der Waals surface area contributed by atoms with Crippen LogP contribution in [0.15, 0.2) is 24.3 Å². The topological polar surface area (TPSA) is 71.9 Å². The number of H-pyrrole nitrogens is 1. The molecule has 7 heteroatoms. The maximum Gasteiger partial charge on any atom is 0.240 e. The van der Waals surface area contributed by atoms with Crippen molar-refractivity contribution in [2.75, 3.05) is 7.11 Å². The van der Waals surface area contributed by atoms with Gasteiger partial charge in [-0.25, -0.2) is 0 Å². The average molecular weight is 334 g/mol. The summed E-state index contributed by atoms with van der Waals surface area (Å²) >= 11 is 5.25. The van der Waals surface area contributed by atoms with Crippen molar-refractivity contribution in [2.45, 2.75) is 39.3 Å². The molecule has 2 rings (SSSR count). The van der Waals surface area contributed by atoms with Gasteiger partial charge in [0.2, 0.25) is 5.91 Å². The first-order valence-corrected chi connectivity index (χ1v) is 8.08. The second-order valence-electron chi connectivity index (χ2n) is 5.25. The highest BCUT2D eigenvalue weighted by Gasteiger charge is 2.14. The van der Waals surface area contributed by atoms with E-state index in [-0.39, 0.29) is 18.5 Å². The van der Waals surface area contributed by atoms with E-state index in [0.717, 1.165) is 24.2 Å². The number of aromatic nitrogens is 3. The van der Waals surface area contributed by atoms with Gasteiger partial charge in [-0.05, 0) is 49.3 Å². The second-order valence-corrected chi connectivity index (χ2v) is 5.63. The molecule has 0 fully saturated rings. The van der Waals surface area contributed by atoms with Crippen LogP contribution in [-0.2, 0) is 11.3 Å². The van der Waals surface area contributed by atoms with Gasteiger partial charge in [0.15, 0.2) is 10.6 Å². The molecule has 0 radical (unpaired) electrons. The Labute approximate surface area is 140 Å². The van der Waals surface area contributed by atoms with Crippen LogP contribution in [0.2, 0.25) is 0 Å². The molecule has 1 aromatic carbocycles. The molecular formula is C16H22N4O2S. The molecule has 0 aliphatic heterocycles. The molecule has 0 aliphatic rings. The van der Waals surface area contributed by atoms with E-state index >= 15 is 0 Å². The maximum absolute atomic E-state index is 12.2. The van der Waals surface area contributed by atoms with E-state index < -0.39 is 0 Å². The number of aromatic amines is 1. The van der Waals surface area contributed by atoms with Gasteiger partial charge in [0.05, 0.1) is 7.11 Å². The molecule has 23 heavy (non-hydrogen) atoms. The monoisotopic (exact) mass is 334 g/mol. The van der Waals surface area contributed by atoms with Crippen molar-refractivity contribution in [3.05, 3.63) is 29.0 Å². The highest BCUT2D eigenvalue weighted by Crippen LogP contribution is 2.20. The largest absolute Gasteiger partial charge is 0.497 e. The van der Waals surface area contributed by atoms with Gasteiger partial charge >= 0.3 is 0 Å². The molecule has 0 aliphatic carbocycles. The summed E-state index contributed by atoms with van der Waals surface area (Å²) in [7, 11) is 1.62. The van der Waals surface area contributed by atoms with Gasteiger partial charge < -0.3 is 10.1 Å². The number of amides is 1. The van der Waals surface area contributed by atoms with E-state index in [0.29, 0.717) is 10.6 Å². The van der Waals surface area contributed by atoms with Crippen molar-refractivity contribution in [3.8, 4) is 17.1 Å². The average Bonchev–Trinajstić information content (AvgIpc) is 2.93. The molecule has 2 N–H and O–H groups in total. The predicted octanol–water partition coefficient (Wildman–Crippen LogP) is 2.92. The molecule has 1 heterocycles. The fourth-order valence-corrected chi connectivity index (χ4v) is 2.53. The third-order valence-corrected chi connectivity index (χ3v) is 4.07. The number of nitrogens with zero attached hydrogens (tertiary/aromatic N) is 2. The fraction of sp³-hybridized carbons (Fsp3) is 0.438. The Hall–Kier alpha value is -2.15. The lowest BCUT2D eigenvalue weighted by Gasteiger charge is -2.15. The van der Waals surface area contributed by atoms with Gasteiger partial charge in [0.25, 0.3) is 0 Å². The minimum absolute atomic E-state index is 0.0639. The number of benzene rings is 1. The zero-order valence-electron chi connectivity index (χ0n) is 13.6. The number of rotatable bonds is 7. The van der Waals surface area contributed by atoms with E-state index in [1.807, 2.05) is 24.3 Å². The Morgan fingerprint density at radius 1 is 1.35 bits per heavy atom. The zero-order valence-corrected chi connectivity index (χ0v) is 14.4. The maximum atomic E-state index is 12.2. The van der Waals surface area contributed by atoms with E-state index in [1.165, 1.54) is 0 Å². The lowest BCUT2D eigenvalue weighted by atomic mass is 10.2. The Morgan fingerprint density at radius 3 is 2.57 bits per heavy atom. The summed E-state index contributed by atoms with van der Waals surface area (Å²) in [5.74, 6) is 1.34. The number of methoxy groups -OCH3 is 1. The number of nitrogens with one attached hydrogen (secondary N) is 2. The minimum atomic E-state index is -0.0639. The Morgan fingerprint density at radius 2 is 2.00 bits per heavy atom. The molecule has 6 nitrogen and oxygen atoms in total. The molecule has 0 spiro atoms. The molecule has 1 amide bonds. The van der Waals surface area contributed by atoms with Gasteiger partial charge in [-0.3, -0.25) is 14.5 Å². The van der Waals surface area contributed by atoms with Crippen LogP contribution in [0.3, 0.4) is 0 Å². The molecule has 124 valence electrons. The summed E-state index contributed by atoms with van der Waals surface area (Å²) in [4.78, 5) is 12.2. The summed E-state index contributed by atoms with van der Waals surface area (Å²) in [6.07, 6.45) is 1.81. The van der Waals surface area contributed by atoms with Crippen LogP contribution in [0, 0.1) is 4.77 Å². The summed E-state index contributed by atoms with van der Waals surface area (Å²) in [5.41, 5.74) is 0.869. The van der Waals surface area contributed by atoms with Crippen LogP contribution in [0.25, 0.3) is 11.4 Å². The molecule has 1 aromatic heterocycles. The molecule has 0 atom stereocenters. The molecule has 0 saturated carbocycles. The summed E-state index contributed by atoms with van der Waals surface area (Å²) in [6.45, 7) is 4.26. The van der Waals surface area contributed by atoms with Crippen molar-refractivity contribution in [2.24, 2.45) is 0 Å². The van der Waals surface area contributed by atoms with Crippen molar-refractivity contribution in [1.29, 1.82) is 0 Å². The van der Waals surface area contributed by atoms with E-state index in [9.17, 15) is 4.79 Å². The Bertz CT molecular complexity index is 702. The molecule has 2 aromatic rings. The van der Waals surface area contributed by atoms with Gasteiger partial charge in [0, 0.05) is 11.6 Å². The second kappa shape index (κ2) is 7.92. The summed E-state index contributed by atoms with van der Waals surface area (Å²) < 4.78 is 7.28. The van der Waals surface area contributed by atoms with Crippen LogP contribution in [-0.4, -0.2) is 33.8 Å². The van der Waals surface area contributed by atoms with Crippen molar-refractivity contribution >= 4 is 18.1 Å². The van der Waals surface area contributed by atoms with E-state index in [4.69, 9.17) is 17.0 Å². The van der Waals surface area contributed by atoms with Crippen LogP contribution in [0.1, 0.15) is 26.7 Å². The van der Waals surface area contributed by atoms with E-state index in [2.05, 4.69) is 29.4 Å². The van der Waals surface area contributed by atoms with Crippen LogP contribution in [0.4, 0.5) is 0 Å². The standard InChI is InChI=1S/C16H22N4O2S/c1-4-12(5-2)17-14(21)10-20-15(18-19-16(20)23)11-6-8-13(22-3)9-7-11/h6-9,12H,4-5,10H2,1-3H3,(H,17,21)(H,19,23). The molecule has 0 bridgehead atoms. The first kappa shape index (κ1) is 17.2. The molecule has 0 unspecified atom stereocenters. The van der Waals surface area contributed by atoms with Gasteiger partial charge in [-0.2, -0.15) is 5.10 Å². The number of hydrogen-bond donors (Lipinski definition) is 2. The number of hydrogen-bond acceptors (Lipinski definition) is 4. The van der Waals surface area contributed by atoms with Crippen LogP contribution < -0.4 is 10.1 Å². The Balaban J connectivity index is 2.21. The highest BCUT2D eigenvalue weighted by atomic mass is 32.1. The lowest BCUT2D eigenvalue weighted by molar-refractivity contribution is -0.122. The number of carbonyl (C=O) groups is 1. The smallest absolute Gasteiger partial charge is 0.240 e. The van der Waals surface area contributed by atoms with Gasteiger partial charge in [0.1, 0.15) is 12.3 Å². The van der Waals surface area contributed by atoms with Crippen LogP contribution in [0.5, 0.6) is 5.75 Å². The van der Waals surface area contributed by atoms with Crippen molar-refractivity contribution in [3.63, 3.8) is 0 Å². The quantitative estimate of drug-likeness (QED) is 0.764. The number of carbonyl (C=O) groups excluding carboxylic acids is 1. The molecule has 0 saturated heterocycles. The third-order valence-electron chi connectivity index (χ3n) is 3.76. The molecular weight excluding hydrogens is 312 g/mol. The lowest BCUT2D eigenvalue weighted by Crippen LogP contribution is -2.36. The fourth-order valence-electron chi connectivity index (χ4n) is 2.33. The minimum Gasteiger partial charge on any atom is -0.497 e. The first-order valence-electron chi connectivity index (χ1n) is 7.68. The van der Waals surface area contributed by atoms with Crippen LogP contribution >= 0.6 is 12.2 Å². The highest BCUT2D eigenvalue weighted by molar-refractivity contribution is 7.71. The predicted molar refractivity (Wildman–Crippen MR) is 91.9 cm³/mol. The van der Waals surface area contributed by atoms with E-state index in [1.54, 1.807) is 11.7 Å². The third kappa shape index (κ3) is 4.19. The van der Waals surface area contributed by atoms with Gasteiger partial charge in [-0.1, -0.05) is 13.8 Å². The number of ether oxygens (including phenoxy) is 1. The SMILES string of the molecule is CCC(CC)NC(=O)Cn1c(-c2ccc(OC)cc2)n[nH]c1=S. The normalized spacial score (nSPS) is 10.8. The summed E-state index contributed by atoms with van der Waals surface area (Å²) in [5, 5.41) is 10.0. The van der Waals surface area contributed by atoms with Crippen molar-refractivity contribution < 1.29 is 9.53 Å². The van der Waals surface area contributed by atoms with Gasteiger partial charge in [-0.15, -0.1) is 0 Å². The Kier molecular flexibility index (Phi) is 5.92. The van der Waals surface area contributed by atoms with Crippen molar-refractivity contribution in [1.82, 2.24) is 20.1 Å². The first-order chi connectivity index (χ1) is 11.1. The summed E-state index contributed by atoms with van der Waals surface area (Å²) in [6, 6.07) is 7.66.